The highest BCUT2D eigenvalue weighted by Crippen LogP contribution is 2.38. The van der Waals surface area contributed by atoms with E-state index < -0.39 is 12.0 Å². The van der Waals surface area contributed by atoms with Gasteiger partial charge in [-0.15, -0.1) is 0 Å². The zero-order valence-corrected chi connectivity index (χ0v) is 22.4. The Morgan fingerprint density at radius 2 is 2.08 bits per heavy atom. The van der Waals surface area contributed by atoms with Crippen LogP contribution in [0.25, 0.3) is 11.2 Å². The molecule has 0 spiro atoms. The normalized spacial score (nSPS) is 16.0. The summed E-state index contributed by atoms with van der Waals surface area (Å²) in [7, 11) is 1.56. The number of nitrogens with zero attached hydrogens (tertiary/aromatic N) is 4. The number of carbonyl (C=O) groups excluding carboxylic acids is 1. The van der Waals surface area contributed by atoms with Crippen LogP contribution in [-0.4, -0.2) is 50.5 Å². The van der Waals surface area contributed by atoms with Crippen molar-refractivity contribution in [3.8, 4) is 11.5 Å². The van der Waals surface area contributed by atoms with Gasteiger partial charge in [-0.25, -0.2) is 18.7 Å². The SMILES string of the molecule is CC(=O)Nc1cc(Oc2cnc3nc(NC(=N)/C=C(\NC4CCOC4)C(C)(C)C)n(C)c3c2C(F)F)ccn1. The number of allylic oxidation sites excluding steroid dienone is 1. The van der Waals surface area contributed by atoms with Gasteiger partial charge < -0.3 is 30.0 Å². The Hall–Kier alpha value is -4.13. The monoisotopic (exact) mass is 542 g/mol. The van der Waals surface area contributed by atoms with Gasteiger partial charge in [0, 0.05) is 44.0 Å². The number of fused-ring (bicyclic) bond motifs is 1. The van der Waals surface area contributed by atoms with Gasteiger partial charge >= 0.3 is 0 Å². The Labute approximate surface area is 224 Å². The van der Waals surface area contributed by atoms with Gasteiger partial charge in [0.05, 0.1) is 24.4 Å². The van der Waals surface area contributed by atoms with Crippen molar-refractivity contribution in [3.05, 3.63) is 41.9 Å². The van der Waals surface area contributed by atoms with Crippen molar-refractivity contribution in [3.63, 3.8) is 0 Å². The number of pyridine rings is 2. The number of imidazole rings is 1. The molecule has 1 atom stereocenters. The molecule has 1 unspecified atom stereocenters. The Morgan fingerprint density at radius 1 is 1.31 bits per heavy atom. The summed E-state index contributed by atoms with van der Waals surface area (Å²) in [6, 6.07) is 3.06. The summed E-state index contributed by atoms with van der Waals surface area (Å²) >= 11 is 0. The molecule has 1 aliphatic heterocycles. The minimum Gasteiger partial charge on any atom is -0.455 e. The number of anilines is 2. The molecule has 0 bridgehead atoms. The summed E-state index contributed by atoms with van der Waals surface area (Å²) in [5.41, 5.74) is 0.306. The van der Waals surface area contributed by atoms with Crippen LogP contribution in [0.1, 0.15) is 46.1 Å². The van der Waals surface area contributed by atoms with Crippen molar-refractivity contribution in [2.24, 2.45) is 12.5 Å². The smallest absolute Gasteiger partial charge is 0.269 e. The maximum Gasteiger partial charge on any atom is 0.269 e. The van der Waals surface area contributed by atoms with Crippen LogP contribution in [0.15, 0.2) is 36.3 Å². The van der Waals surface area contributed by atoms with Crippen LogP contribution in [0.5, 0.6) is 11.5 Å². The number of halogens is 2. The number of nitrogens with one attached hydrogen (secondary N) is 4. The fraction of sp³-hybridized carbons (Fsp3) is 0.423. The summed E-state index contributed by atoms with van der Waals surface area (Å²) in [4.78, 5) is 23.9. The fourth-order valence-corrected chi connectivity index (χ4v) is 4.08. The molecular formula is C26H32F2N8O3. The summed E-state index contributed by atoms with van der Waals surface area (Å²) in [5.74, 6) is 0.119. The third-order valence-corrected chi connectivity index (χ3v) is 6.02. The van der Waals surface area contributed by atoms with E-state index in [1.54, 1.807) is 13.1 Å². The first kappa shape index (κ1) is 27.9. The maximum absolute atomic E-state index is 14.4. The van der Waals surface area contributed by atoms with Gasteiger partial charge in [-0.3, -0.25) is 10.2 Å². The first-order valence-electron chi connectivity index (χ1n) is 12.4. The zero-order chi connectivity index (χ0) is 28.3. The first-order chi connectivity index (χ1) is 18.4. The highest BCUT2D eigenvalue weighted by atomic mass is 19.3. The number of amidine groups is 1. The number of amides is 1. The van der Waals surface area contributed by atoms with Gasteiger partial charge in [-0.2, -0.15) is 4.98 Å². The molecule has 4 rings (SSSR count). The molecule has 0 aromatic carbocycles. The second kappa shape index (κ2) is 11.3. The van der Waals surface area contributed by atoms with Crippen LogP contribution < -0.4 is 20.7 Å². The molecule has 0 saturated carbocycles. The van der Waals surface area contributed by atoms with Crippen molar-refractivity contribution < 1.29 is 23.0 Å². The zero-order valence-electron chi connectivity index (χ0n) is 22.4. The van der Waals surface area contributed by atoms with Gasteiger partial charge in [0.15, 0.2) is 11.4 Å². The van der Waals surface area contributed by atoms with Crippen LogP contribution in [0.4, 0.5) is 20.5 Å². The van der Waals surface area contributed by atoms with Gasteiger partial charge in [0.1, 0.15) is 22.9 Å². The van der Waals surface area contributed by atoms with E-state index in [1.165, 1.54) is 36.0 Å². The van der Waals surface area contributed by atoms with E-state index in [1.807, 2.05) is 20.8 Å². The summed E-state index contributed by atoms with van der Waals surface area (Å²) in [6.45, 7) is 8.72. The van der Waals surface area contributed by atoms with Crippen LogP contribution in [0.3, 0.4) is 0 Å². The first-order valence-corrected chi connectivity index (χ1v) is 12.4. The fourth-order valence-electron chi connectivity index (χ4n) is 4.08. The van der Waals surface area contributed by atoms with Crippen LogP contribution >= 0.6 is 0 Å². The Bertz CT molecular complexity index is 1410. The number of aromatic nitrogens is 4. The highest BCUT2D eigenvalue weighted by molar-refractivity contribution is 6.02. The van der Waals surface area contributed by atoms with Crippen molar-refractivity contribution in [2.45, 2.75) is 46.6 Å². The third-order valence-electron chi connectivity index (χ3n) is 6.02. The lowest BCUT2D eigenvalue weighted by Gasteiger charge is -2.27. The lowest BCUT2D eigenvalue weighted by molar-refractivity contribution is -0.114. The van der Waals surface area contributed by atoms with Crippen LogP contribution in [0.2, 0.25) is 0 Å². The number of carbonyl (C=O) groups is 1. The number of hydrogen-bond acceptors (Lipinski definition) is 8. The quantitative estimate of drug-likeness (QED) is 0.236. The molecule has 1 fully saturated rings. The third kappa shape index (κ3) is 6.66. The number of hydrogen-bond donors (Lipinski definition) is 4. The Kier molecular flexibility index (Phi) is 8.09. The molecular weight excluding hydrogens is 510 g/mol. The van der Waals surface area contributed by atoms with Gasteiger partial charge in [-0.05, 0) is 18.6 Å². The molecule has 1 aliphatic rings. The average molecular weight is 543 g/mol. The second-order valence-electron chi connectivity index (χ2n) is 10.2. The van der Waals surface area contributed by atoms with Crippen molar-refractivity contribution >= 4 is 34.7 Å². The largest absolute Gasteiger partial charge is 0.455 e. The van der Waals surface area contributed by atoms with E-state index in [0.717, 1.165) is 12.1 Å². The summed E-state index contributed by atoms with van der Waals surface area (Å²) < 4.78 is 41.3. The average Bonchev–Trinajstić information content (AvgIpc) is 3.46. The molecule has 3 aromatic rings. The summed E-state index contributed by atoms with van der Waals surface area (Å²) in [6.07, 6.45) is 2.20. The van der Waals surface area contributed by atoms with Crippen molar-refractivity contribution in [1.29, 1.82) is 5.41 Å². The van der Waals surface area contributed by atoms with E-state index in [9.17, 15) is 13.6 Å². The highest BCUT2D eigenvalue weighted by Gasteiger charge is 2.26. The summed E-state index contributed by atoms with van der Waals surface area (Å²) in [5, 5.41) is 17.4. The molecule has 0 radical (unpaired) electrons. The van der Waals surface area contributed by atoms with Crippen molar-refractivity contribution in [1.82, 2.24) is 24.8 Å². The van der Waals surface area contributed by atoms with Crippen molar-refractivity contribution in [2.75, 3.05) is 23.8 Å². The molecule has 39 heavy (non-hydrogen) atoms. The molecule has 4 heterocycles. The number of rotatable bonds is 8. The minimum absolute atomic E-state index is 0.0297. The van der Waals surface area contributed by atoms with Gasteiger partial charge in [-0.1, -0.05) is 20.8 Å². The van der Waals surface area contributed by atoms with E-state index in [0.29, 0.717) is 13.2 Å². The standard InChI is InChI=1S/C26H32F2N8O3/c1-14(37)32-20-10-16(6-8-30-20)39-17-12-31-24-22(21(17)23(27)28)36(5)25(35-24)34-19(29)11-18(26(2,3)4)33-15-7-9-38-13-15/h6,8,10-12,15,23,33H,7,9,13H2,1-5H3,(H,30,32,37)(H2,29,31,34,35)/b18-11-. The molecule has 4 N–H and O–H groups in total. The molecule has 3 aromatic heterocycles. The molecule has 11 nitrogen and oxygen atoms in total. The molecule has 13 heteroatoms. The number of aryl methyl sites for hydroxylation is 1. The molecule has 208 valence electrons. The van der Waals surface area contributed by atoms with Crippen LogP contribution in [0, 0.1) is 10.8 Å². The lowest BCUT2D eigenvalue weighted by Crippen LogP contribution is -2.35. The van der Waals surface area contributed by atoms with Crippen LogP contribution in [-0.2, 0) is 16.6 Å². The number of alkyl halides is 2. The lowest BCUT2D eigenvalue weighted by atomic mass is 9.90. The van der Waals surface area contributed by atoms with Gasteiger partial charge in [0.25, 0.3) is 6.43 Å². The van der Waals surface area contributed by atoms with E-state index in [4.69, 9.17) is 14.9 Å². The minimum atomic E-state index is -2.91. The molecule has 1 amide bonds. The predicted molar refractivity (Wildman–Crippen MR) is 143 cm³/mol. The second-order valence-corrected chi connectivity index (χ2v) is 10.2. The predicted octanol–water partition coefficient (Wildman–Crippen LogP) is 4.75. The Balaban J connectivity index is 1.63. The van der Waals surface area contributed by atoms with E-state index in [2.05, 4.69) is 30.9 Å². The Morgan fingerprint density at radius 3 is 2.72 bits per heavy atom. The van der Waals surface area contributed by atoms with Gasteiger partial charge in [0.2, 0.25) is 11.9 Å². The number of ether oxygens (including phenoxy) is 2. The van der Waals surface area contributed by atoms with E-state index in [-0.39, 0.29) is 57.6 Å². The molecule has 0 aliphatic carbocycles. The topological polar surface area (TPSA) is 139 Å². The molecule has 1 saturated heterocycles. The maximum atomic E-state index is 14.4. The van der Waals surface area contributed by atoms with E-state index >= 15 is 0 Å².